The molecule has 5 aromatic rings. The molecule has 8 nitrogen and oxygen atoms in total. The molecule has 0 saturated carbocycles. The summed E-state index contributed by atoms with van der Waals surface area (Å²) in [5.41, 5.74) is 4.06. The molecule has 47 heavy (non-hydrogen) atoms. The first-order chi connectivity index (χ1) is 22.6. The molecule has 0 spiro atoms. The molecular formula is C36H35F3N6O2. The summed E-state index contributed by atoms with van der Waals surface area (Å²) in [5, 5.41) is 6.68. The second kappa shape index (κ2) is 13.4. The summed E-state index contributed by atoms with van der Waals surface area (Å²) in [6.07, 6.45) is -2.82. The van der Waals surface area contributed by atoms with Gasteiger partial charge in [0.1, 0.15) is 5.75 Å². The number of anilines is 3. The lowest BCUT2D eigenvalue weighted by molar-refractivity contribution is -0.138. The molecule has 1 aromatic heterocycles. The normalized spacial score (nSPS) is 14.3. The number of ether oxygens (including phenoxy) is 1. The molecule has 11 heteroatoms. The topological polar surface area (TPSA) is 82.6 Å². The zero-order chi connectivity index (χ0) is 33.1. The van der Waals surface area contributed by atoms with E-state index in [0.29, 0.717) is 24.6 Å². The summed E-state index contributed by atoms with van der Waals surface area (Å²) < 4.78 is 47.5. The van der Waals surface area contributed by atoms with Gasteiger partial charge in [0.05, 0.1) is 18.2 Å². The van der Waals surface area contributed by atoms with Crippen LogP contribution < -0.4 is 15.4 Å². The van der Waals surface area contributed by atoms with Gasteiger partial charge in [-0.2, -0.15) is 13.2 Å². The van der Waals surface area contributed by atoms with Gasteiger partial charge in [0.2, 0.25) is 5.95 Å². The van der Waals surface area contributed by atoms with Gasteiger partial charge in [-0.15, -0.1) is 0 Å². The van der Waals surface area contributed by atoms with Crippen LogP contribution in [-0.2, 0) is 12.7 Å². The number of amides is 1. The van der Waals surface area contributed by atoms with Crippen LogP contribution in [0.5, 0.6) is 5.75 Å². The van der Waals surface area contributed by atoms with Crippen molar-refractivity contribution in [1.82, 2.24) is 19.8 Å². The van der Waals surface area contributed by atoms with E-state index in [1.165, 1.54) is 12.1 Å². The van der Waals surface area contributed by atoms with Gasteiger partial charge in [-0.3, -0.25) is 9.69 Å². The molecule has 0 radical (unpaired) electrons. The van der Waals surface area contributed by atoms with E-state index in [1.54, 1.807) is 25.4 Å². The van der Waals surface area contributed by atoms with E-state index in [9.17, 15) is 18.0 Å². The molecule has 242 valence electrons. The van der Waals surface area contributed by atoms with Gasteiger partial charge in [0, 0.05) is 61.2 Å². The number of benzene rings is 4. The van der Waals surface area contributed by atoms with Crippen molar-refractivity contribution in [1.29, 1.82) is 0 Å². The Morgan fingerprint density at radius 3 is 2.38 bits per heavy atom. The highest BCUT2D eigenvalue weighted by Crippen LogP contribution is 2.35. The third-order valence-electron chi connectivity index (χ3n) is 8.40. The van der Waals surface area contributed by atoms with Crippen LogP contribution >= 0.6 is 0 Å². The van der Waals surface area contributed by atoms with Gasteiger partial charge in [-0.05, 0) is 96.9 Å². The van der Waals surface area contributed by atoms with Crippen molar-refractivity contribution in [2.24, 2.45) is 0 Å². The van der Waals surface area contributed by atoms with Crippen LogP contribution in [0.2, 0.25) is 0 Å². The Morgan fingerprint density at radius 2 is 1.66 bits per heavy atom. The second-order valence-electron chi connectivity index (χ2n) is 11.8. The number of nitrogens with zero attached hydrogens (tertiary/aromatic N) is 4. The number of fused-ring (bicyclic) bond motifs is 1. The number of rotatable bonds is 8. The molecule has 4 aromatic carbocycles. The van der Waals surface area contributed by atoms with Gasteiger partial charge in [-0.25, -0.2) is 9.97 Å². The average molecular weight is 641 g/mol. The number of carbonyl (C=O) groups excluding carboxylic acids is 1. The van der Waals surface area contributed by atoms with Crippen molar-refractivity contribution in [3.63, 3.8) is 0 Å². The molecule has 1 aliphatic rings. The van der Waals surface area contributed by atoms with Crippen molar-refractivity contribution in [3.8, 4) is 16.9 Å². The number of aromatic nitrogens is 2. The number of alkyl halides is 3. The smallest absolute Gasteiger partial charge is 0.416 e. The fourth-order valence-corrected chi connectivity index (χ4v) is 5.64. The predicted molar refractivity (Wildman–Crippen MR) is 178 cm³/mol. The number of hydrogen-bond donors (Lipinski definition) is 2. The number of likely N-dealkylation sites (N-methyl/N-ethyl adjacent to an activating group) is 1. The number of carbonyl (C=O) groups is 1. The first-order valence-corrected chi connectivity index (χ1v) is 15.3. The summed E-state index contributed by atoms with van der Waals surface area (Å²) in [6.45, 7) is 5.17. The van der Waals surface area contributed by atoms with Crippen LogP contribution in [0.4, 0.5) is 30.5 Å². The summed E-state index contributed by atoms with van der Waals surface area (Å²) in [4.78, 5) is 26.6. The summed E-state index contributed by atoms with van der Waals surface area (Å²) >= 11 is 0. The Kier molecular flexibility index (Phi) is 9.10. The maximum atomic E-state index is 14.1. The SMILES string of the molecule is COc1ccc(Nc2ncc3cc(-c4cc(C(=O)Nc5ccc(CN6CCN(C)CC6)c(C(F)(F)F)c5)ccc4C)ccc3n2)cc1. The monoisotopic (exact) mass is 640 g/mol. The molecule has 2 heterocycles. The molecule has 6 rings (SSSR count). The maximum absolute atomic E-state index is 14.1. The number of nitrogens with one attached hydrogen (secondary N) is 2. The van der Waals surface area contributed by atoms with Crippen LogP contribution in [0.15, 0.2) is 85.1 Å². The van der Waals surface area contributed by atoms with Crippen LogP contribution in [-0.4, -0.2) is 66.0 Å². The maximum Gasteiger partial charge on any atom is 0.416 e. The fourth-order valence-electron chi connectivity index (χ4n) is 5.64. The molecule has 0 bridgehead atoms. The lowest BCUT2D eigenvalue weighted by Crippen LogP contribution is -2.44. The van der Waals surface area contributed by atoms with Crippen molar-refractivity contribution in [2.75, 3.05) is 51.0 Å². The molecule has 1 fully saturated rings. The highest BCUT2D eigenvalue weighted by atomic mass is 19.4. The second-order valence-corrected chi connectivity index (χ2v) is 11.8. The number of methoxy groups -OCH3 is 1. The molecule has 0 unspecified atom stereocenters. The zero-order valence-electron chi connectivity index (χ0n) is 26.4. The molecule has 2 N–H and O–H groups in total. The Morgan fingerprint density at radius 1 is 0.915 bits per heavy atom. The van der Waals surface area contributed by atoms with E-state index < -0.39 is 17.6 Å². The highest BCUT2D eigenvalue weighted by molar-refractivity contribution is 6.05. The van der Waals surface area contributed by atoms with E-state index >= 15 is 0 Å². The first-order valence-electron chi connectivity index (χ1n) is 15.3. The zero-order valence-corrected chi connectivity index (χ0v) is 26.4. The first kappa shape index (κ1) is 32.0. The van der Waals surface area contributed by atoms with Crippen LogP contribution in [0.1, 0.15) is 27.0 Å². The van der Waals surface area contributed by atoms with Crippen LogP contribution in [0.3, 0.4) is 0 Å². The number of aryl methyl sites for hydroxylation is 1. The Balaban J connectivity index is 1.19. The lowest BCUT2D eigenvalue weighted by atomic mass is 9.96. The summed E-state index contributed by atoms with van der Waals surface area (Å²) in [6, 6.07) is 22.5. The summed E-state index contributed by atoms with van der Waals surface area (Å²) in [7, 11) is 3.61. The number of piperazine rings is 1. The van der Waals surface area contributed by atoms with Crippen molar-refractivity contribution >= 4 is 34.1 Å². The molecule has 1 saturated heterocycles. The predicted octanol–water partition coefficient (Wildman–Crippen LogP) is 7.38. The van der Waals surface area contributed by atoms with Gasteiger partial charge >= 0.3 is 6.18 Å². The largest absolute Gasteiger partial charge is 0.497 e. The minimum Gasteiger partial charge on any atom is -0.497 e. The lowest BCUT2D eigenvalue weighted by Gasteiger charge is -2.33. The average Bonchev–Trinajstić information content (AvgIpc) is 3.06. The van der Waals surface area contributed by atoms with Crippen LogP contribution in [0.25, 0.3) is 22.0 Å². The van der Waals surface area contributed by atoms with E-state index in [0.717, 1.165) is 58.2 Å². The molecule has 0 atom stereocenters. The number of hydrogen-bond acceptors (Lipinski definition) is 7. The summed E-state index contributed by atoms with van der Waals surface area (Å²) in [5.74, 6) is 0.705. The standard InChI is InChI=1S/C36H35F3N6O2/c1-23-4-5-25(34(46)41-29-8-6-26(32(20-29)36(37,38)39)22-45-16-14-44(2)15-17-45)19-31(23)24-7-13-33-27(18-24)21-40-35(43-33)42-28-9-11-30(47-3)12-10-28/h4-13,18-21H,14-17,22H2,1-3H3,(H,41,46)(H,40,42,43). The van der Waals surface area contributed by atoms with E-state index in [-0.39, 0.29) is 17.8 Å². The van der Waals surface area contributed by atoms with Crippen molar-refractivity contribution < 1.29 is 22.7 Å². The molecular weight excluding hydrogens is 605 g/mol. The minimum atomic E-state index is -4.55. The Bertz CT molecular complexity index is 1900. The van der Waals surface area contributed by atoms with Gasteiger partial charge in [-0.1, -0.05) is 18.2 Å². The quantitative estimate of drug-likeness (QED) is 0.183. The van der Waals surface area contributed by atoms with Crippen LogP contribution in [0, 0.1) is 6.92 Å². The van der Waals surface area contributed by atoms with Gasteiger partial charge in [0.25, 0.3) is 5.91 Å². The van der Waals surface area contributed by atoms with Gasteiger partial charge < -0.3 is 20.3 Å². The van der Waals surface area contributed by atoms with E-state index in [1.807, 2.05) is 67.4 Å². The highest BCUT2D eigenvalue weighted by Gasteiger charge is 2.34. The Labute approximate surface area is 271 Å². The van der Waals surface area contributed by atoms with Gasteiger partial charge in [0.15, 0.2) is 0 Å². The molecule has 1 amide bonds. The van der Waals surface area contributed by atoms with Crippen molar-refractivity contribution in [2.45, 2.75) is 19.6 Å². The third kappa shape index (κ3) is 7.53. The fraction of sp³-hybridized carbons (Fsp3) is 0.250. The van der Waals surface area contributed by atoms with E-state index in [2.05, 4.69) is 25.5 Å². The van der Waals surface area contributed by atoms with Crippen molar-refractivity contribution in [3.05, 3.63) is 107 Å². The third-order valence-corrected chi connectivity index (χ3v) is 8.40. The minimum absolute atomic E-state index is 0.0912. The van der Waals surface area contributed by atoms with E-state index in [4.69, 9.17) is 4.74 Å². The Hall–Kier alpha value is -5.00. The molecule has 1 aliphatic heterocycles. The number of halogens is 3. The molecule has 0 aliphatic carbocycles.